The van der Waals surface area contributed by atoms with Crippen LogP contribution in [0.25, 0.3) is 0 Å². The molecule has 0 aliphatic carbocycles. The highest BCUT2D eigenvalue weighted by atomic mass is 16.5. The molecule has 1 aromatic heterocycles. The van der Waals surface area contributed by atoms with Crippen LogP contribution in [0.1, 0.15) is 24.0 Å². The Labute approximate surface area is 144 Å². The first-order valence-electron chi connectivity index (χ1n) is 8.61. The summed E-state index contributed by atoms with van der Waals surface area (Å²) in [4.78, 5) is 30.9. The van der Waals surface area contributed by atoms with Gasteiger partial charge in [0.15, 0.2) is 0 Å². The van der Waals surface area contributed by atoms with Crippen LogP contribution in [-0.2, 0) is 20.9 Å². The minimum atomic E-state index is -0.352. The summed E-state index contributed by atoms with van der Waals surface area (Å²) in [7, 11) is 0. The van der Waals surface area contributed by atoms with Gasteiger partial charge < -0.3 is 4.74 Å². The summed E-state index contributed by atoms with van der Waals surface area (Å²) in [6, 6.07) is 8.03. The average Bonchev–Trinajstić information content (AvgIpc) is 3.35. The van der Waals surface area contributed by atoms with E-state index in [1.165, 1.54) is 0 Å². The zero-order valence-electron chi connectivity index (χ0n) is 13.8. The molecule has 0 unspecified atom stereocenters. The van der Waals surface area contributed by atoms with Crippen molar-refractivity contribution < 1.29 is 14.3 Å². The molecule has 4 atom stereocenters. The second-order valence-corrected chi connectivity index (χ2v) is 7.02. The number of carbonyl (C=O) groups excluding carboxylic acids is 2. The molecule has 128 valence electrons. The first-order valence-corrected chi connectivity index (χ1v) is 8.61. The summed E-state index contributed by atoms with van der Waals surface area (Å²) < 4.78 is 7.41. The van der Waals surface area contributed by atoms with E-state index in [0.29, 0.717) is 6.54 Å². The number of fused-ring (bicyclic) bond motifs is 5. The number of imide groups is 1. The molecule has 0 N–H and O–H groups in total. The third-order valence-electron chi connectivity index (χ3n) is 5.60. The Balaban J connectivity index is 1.41. The highest BCUT2D eigenvalue weighted by Gasteiger charge is 2.63. The summed E-state index contributed by atoms with van der Waals surface area (Å²) >= 11 is 0. The maximum atomic E-state index is 12.7. The molecule has 25 heavy (non-hydrogen) atoms. The Kier molecular flexibility index (Phi) is 3.09. The SMILES string of the molecule is Cc1ccccc1Cn1cnc(N2C(=O)[C@@H]3[C@H](C2=O)[C@H]2CC[C@@H]3O2)n1. The zero-order valence-corrected chi connectivity index (χ0v) is 13.8. The van der Waals surface area contributed by atoms with Crippen LogP contribution in [0.3, 0.4) is 0 Å². The largest absolute Gasteiger partial charge is 0.373 e. The van der Waals surface area contributed by atoms with Gasteiger partial charge >= 0.3 is 0 Å². The molecular formula is C18H18N4O3. The molecule has 3 fully saturated rings. The van der Waals surface area contributed by atoms with Crippen LogP contribution < -0.4 is 4.90 Å². The molecule has 0 radical (unpaired) electrons. The summed E-state index contributed by atoms with van der Waals surface area (Å²) in [6.45, 7) is 2.59. The fourth-order valence-electron chi connectivity index (χ4n) is 4.33. The van der Waals surface area contributed by atoms with Gasteiger partial charge in [-0.15, -0.1) is 5.10 Å². The molecule has 3 aliphatic rings. The van der Waals surface area contributed by atoms with Crippen molar-refractivity contribution in [3.05, 3.63) is 41.7 Å². The van der Waals surface area contributed by atoms with Gasteiger partial charge in [0.2, 0.25) is 11.8 Å². The molecule has 3 saturated heterocycles. The molecule has 7 nitrogen and oxygen atoms in total. The minimum absolute atomic E-state index is 0.120. The van der Waals surface area contributed by atoms with Crippen LogP contribution in [-0.4, -0.2) is 38.8 Å². The Hall–Kier alpha value is -2.54. The molecule has 4 heterocycles. The van der Waals surface area contributed by atoms with Crippen LogP contribution in [0, 0.1) is 18.8 Å². The summed E-state index contributed by atoms with van der Waals surface area (Å²) in [5.74, 6) is -0.951. The first kappa shape index (κ1) is 14.8. The van der Waals surface area contributed by atoms with Gasteiger partial charge in [0.25, 0.3) is 5.95 Å². The Morgan fingerprint density at radius 1 is 1.12 bits per heavy atom. The number of benzene rings is 1. The van der Waals surface area contributed by atoms with Crippen molar-refractivity contribution in [2.75, 3.05) is 4.90 Å². The van der Waals surface area contributed by atoms with Crippen LogP contribution in [0.4, 0.5) is 5.95 Å². The normalized spacial score (nSPS) is 30.4. The fraction of sp³-hybridized carbons (Fsp3) is 0.444. The molecule has 0 spiro atoms. The van der Waals surface area contributed by atoms with E-state index < -0.39 is 0 Å². The lowest BCUT2D eigenvalue weighted by atomic mass is 9.81. The highest BCUT2D eigenvalue weighted by molar-refractivity contribution is 6.21. The van der Waals surface area contributed by atoms with E-state index >= 15 is 0 Å². The van der Waals surface area contributed by atoms with Gasteiger partial charge in [-0.1, -0.05) is 24.3 Å². The molecule has 2 aromatic rings. The van der Waals surface area contributed by atoms with Gasteiger partial charge in [-0.2, -0.15) is 4.98 Å². The molecule has 2 amide bonds. The van der Waals surface area contributed by atoms with Crippen molar-refractivity contribution in [2.45, 2.75) is 38.5 Å². The monoisotopic (exact) mass is 338 g/mol. The number of rotatable bonds is 3. The number of anilines is 1. The van der Waals surface area contributed by atoms with E-state index in [1.807, 2.05) is 31.2 Å². The van der Waals surface area contributed by atoms with Crippen LogP contribution in [0.15, 0.2) is 30.6 Å². The fourth-order valence-corrected chi connectivity index (χ4v) is 4.33. The zero-order chi connectivity index (χ0) is 17.1. The Morgan fingerprint density at radius 3 is 2.48 bits per heavy atom. The third kappa shape index (κ3) is 2.08. The number of aryl methyl sites for hydroxylation is 1. The van der Waals surface area contributed by atoms with Gasteiger partial charge in [-0.05, 0) is 30.9 Å². The topological polar surface area (TPSA) is 77.3 Å². The van der Waals surface area contributed by atoms with Crippen molar-refractivity contribution in [3.63, 3.8) is 0 Å². The lowest BCUT2D eigenvalue weighted by Crippen LogP contribution is -2.35. The van der Waals surface area contributed by atoms with Crippen molar-refractivity contribution in [1.82, 2.24) is 14.8 Å². The van der Waals surface area contributed by atoms with Crippen molar-refractivity contribution in [1.29, 1.82) is 0 Å². The number of ether oxygens (including phenoxy) is 1. The van der Waals surface area contributed by atoms with E-state index in [-0.39, 0.29) is 41.8 Å². The second-order valence-electron chi connectivity index (χ2n) is 7.02. The van der Waals surface area contributed by atoms with E-state index in [9.17, 15) is 9.59 Å². The van der Waals surface area contributed by atoms with Gasteiger partial charge in [-0.3, -0.25) is 9.59 Å². The van der Waals surface area contributed by atoms with Gasteiger partial charge in [0.05, 0.1) is 30.6 Å². The van der Waals surface area contributed by atoms with Crippen LogP contribution in [0.5, 0.6) is 0 Å². The molecule has 3 aliphatic heterocycles. The van der Waals surface area contributed by atoms with Gasteiger partial charge in [-0.25, -0.2) is 9.58 Å². The average molecular weight is 338 g/mol. The van der Waals surface area contributed by atoms with Crippen molar-refractivity contribution in [3.8, 4) is 0 Å². The standard InChI is InChI=1S/C18H18N4O3/c1-10-4-2-3-5-11(10)8-21-9-19-18(20-21)22-16(23)14-12-6-7-13(25-12)15(14)17(22)24/h2-5,9,12-15H,6-8H2,1H3/t12-,13+,14-,15+. The Bertz CT molecular complexity index is 849. The summed E-state index contributed by atoms with van der Waals surface area (Å²) in [6.07, 6.45) is 3.04. The number of amides is 2. The predicted molar refractivity (Wildman–Crippen MR) is 87.7 cm³/mol. The first-order chi connectivity index (χ1) is 12.1. The van der Waals surface area contributed by atoms with E-state index in [4.69, 9.17) is 4.74 Å². The smallest absolute Gasteiger partial charge is 0.258 e. The molecule has 1 aromatic carbocycles. The summed E-state index contributed by atoms with van der Waals surface area (Å²) in [5, 5.41) is 4.38. The number of carbonyl (C=O) groups is 2. The third-order valence-corrected chi connectivity index (χ3v) is 5.60. The lowest BCUT2D eigenvalue weighted by molar-refractivity contribution is -0.124. The highest BCUT2D eigenvalue weighted by Crippen LogP contribution is 2.48. The molecule has 7 heteroatoms. The number of hydrogen-bond acceptors (Lipinski definition) is 5. The maximum Gasteiger partial charge on any atom is 0.258 e. The number of hydrogen-bond donors (Lipinski definition) is 0. The van der Waals surface area contributed by atoms with Crippen molar-refractivity contribution >= 4 is 17.8 Å². The van der Waals surface area contributed by atoms with E-state index in [2.05, 4.69) is 10.1 Å². The molecular weight excluding hydrogens is 320 g/mol. The minimum Gasteiger partial charge on any atom is -0.373 e. The van der Waals surface area contributed by atoms with E-state index in [0.717, 1.165) is 28.9 Å². The number of aromatic nitrogens is 3. The molecule has 0 saturated carbocycles. The summed E-state index contributed by atoms with van der Waals surface area (Å²) in [5.41, 5.74) is 2.29. The number of nitrogens with zero attached hydrogens (tertiary/aromatic N) is 4. The van der Waals surface area contributed by atoms with Crippen LogP contribution in [0.2, 0.25) is 0 Å². The lowest BCUT2D eigenvalue weighted by Gasteiger charge is -2.14. The van der Waals surface area contributed by atoms with Crippen LogP contribution >= 0.6 is 0 Å². The quantitative estimate of drug-likeness (QED) is 0.789. The van der Waals surface area contributed by atoms with Gasteiger partial charge in [0.1, 0.15) is 6.33 Å². The van der Waals surface area contributed by atoms with E-state index in [1.54, 1.807) is 11.0 Å². The second kappa shape index (κ2) is 5.23. The Morgan fingerprint density at radius 2 is 1.80 bits per heavy atom. The molecule has 5 rings (SSSR count). The van der Waals surface area contributed by atoms with Crippen molar-refractivity contribution in [2.24, 2.45) is 11.8 Å². The van der Waals surface area contributed by atoms with Gasteiger partial charge in [0, 0.05) is 0 Å². The molecule has 2 bridgehead atoms. The predicted octanol–water partition coefficient (Wildman–Crippen LogP) is 1.30. The maximum absolute atomic E-state index is 12.7.